The van der Waals surface area contributed by atoms with E-state index in [0.29, 0.717) is 31.2 Å². The van der Waals surface area contributed by atoms with E-state index in [-0.39, 0.29) is 47.7 Å². The Hall–Kier alpha value is -0.780. The number of rotatable bonds is 5. The lowest BCUT2D eigenvalue weighted by Crippen LogP contribution is -2.46. The molecule has 8 nitrogen and oxygen atoms in total. The fraction of sp³-hybridized carbons (Fsp3) is 0.875. The molecule has 2 amide bonds. The van der Waals surface area contributed by atoms with Gasteiger partial charge in [-0.25, -0.2) is 13.2 Å². The first kappa shape index (κ1) is 23.3. The summed E-state index contributed by atoms with van der Waals surface area (Å²) in [7, 11) is -1.26. The third kappa shape index (κ3) is 7.45. The lowest BCUT2D eigenvalue weighted by molar-refractivity contribution is 0.239. The molecule has 0 aromatic rings. The summed E-state index contributed by atoms with van der Waals surface area (Å²) in [4.78, 5) is 18.3. The molecule has 0 saturated carbocycles. The smallest absolute Gasteiger partial charge is 0.314 e. The normalized spacial score (nSPS) is 25.1. The molecule has 2 rings (SSSR count). The Morgan fingerprint density at radius 2 is 2.04 bits per heavy atom. The molecule has 0 aliphatic carbocycles. The molecule has 0 spiro atoms. The van der Waals surface area contributed by atoms with Crippen LogP contribution in [-0.2, 0) is 9.84 Å². The monoisotopic (exact) mass is 501 g/mol. The number of nitrogens with zero attached hydrogens (tertiary/aromatic N) is 2. The number of amides is 2. The lowest BCUT2D eigenvalue weighted by atomic mass is 10.1. The number of urea groups is 1. The maximum atomic E-state index is 11.6. The molecule has 0 bridgehead atoms. The van der Waals surface area contributed by atoms with Gasteiger partial charge in [-0.2, -0.15) is 0 Å². The minimum absolute atomic E-state index is 0. The van der Waals surface area contributed by atoms with Crippen molar-refractivity contribution < 1.29 is 13.2 Å². The Morgan fingerprint density at radius 1 is 1.31 bits per heavy atom. The van der Waals surface area contributed by atoms with Gasteiger partial charge < -0.3 is 20.9 Å². The molecule has 26 heavy (non-hydrogen) atoms. The van der Waals surface area contributed by atoms with Crippen molar-refractivity contribution in [3.05, 3.63) is 0 Å². The highest BCUT2D eigenvalue weighted by Crippen LogP contribution is 2.18. The predicted octanol–water partition coefficient (Wildman–Crippen LogP) is 0.644. The highest BCUT2D eigenvalue weighted by atomic mass is 127. The van der Waals surface area contributed by atoms with Crippen LogP contribution in [0, 0.1) is 11.8 Å². The van der Waals surface area contributed by atoms with Crippen molar-refractivity contribution in [3.63, 3.8) is 0 Å². The van der Waals surface area contributed by atoms with Gasteiger partial charge in [0.1, 0.15) is 0 Å². The van der Waals surface area contributed by atoms with Crippen LogP contribution in [-0.4, -0.2) is 76.1 Å². The maximum Gasteiger partial charge on any atom is 0.314 e. The summed E-state index contributed by atoms with van der Waals surface area (Å²) in [5.41, 5.74) is 0. The molecule has 10 heteroatoms. The van der Waals surface area contributed by atoms with Crippen LogP contribution in [0.4, 0.5) is 4.79 Å². The Bertz CT molecular complexity index is 597. The van der Waals surface area contributed by atoms with E-state index in [4.69, 9.17) is 0 Å². The number of hydrogen-bond donors (Lipinski definition) is 3. The molecule has 0 radical (unpaired) electrons. The van der Waals surface area contributed by atoms with Crippen LogP contribution in [0.2, 0.25) is 0 Å². The Balaban J connectivity index is 0.00000338. The van der Waals surface area contributed by atoms with Gasteiger partial charge in [0.05, 0.1) is 11.5 Å². The number of hydrogen-bond acceptors (Lipinski definition) is 4. The Labute approximate surface area is 173 Å². The predicted molar refractivity (Wildman–Crippen MR) is 115 cm³/mol. The average Bonchev–Trinajstić information content (AvgIpc) is 3.13. The van der Waals surface area contributed by atoms with Gasteiger partial charge in [-0.1, -0.05) is 13.8 Å². The van der Waals surface area contributed by atoms with E-state index in [1.54, 1.807) is 7.05 Å². The average molecular weight is 501 g/mol. The molecule has 2 heterocycles. The largest absolute Gasteiger partial charge is 0.356 e. The van der Waals surface area contributed by atoms with Crippen molar-refractivity contribution in [3.8, 4) is 0 Å². The highest BCUT2D eigenvalue weighted by molar-refractivity contribution is 14.0. The summed E-state index contributed by atoms with van der Waals surface area (Å²) >= 11 is 0. The highest BCUT2D eigenvalue weighted by Gasteiger charge is 2.30. The van der Waals surface area contributed by atoms with Gasteiger partial charge in [0.25, 0.3) is 0 Å². The summed E-state index contributed by atoms with van der Waals surface area (Å²) in [6, 6.07) is -0.0745. The van der Waals surface area contributed by atoms with Crippen LogP contribution in [0.15, 0.2) is 4.99 Å². The minimum atomic E-state index is -2.86. The molecule has 2 atom stereocenters. The van der Waals surface area contributed by atoms with Gasteiger partial charge in [-0.3, -0.25) is 4.99 Å². The number of carbonyl (C=O) groups excluding carboxylic acids is 1. The third-order valence-corrected chi connectivity index (χ3v) is 6.37. The van der Waals surface area contributed by atoms with Crippen LogP contribution >= 0.6 is 24.0 Å². The lowest BCUT2D eigenvalue weighted by Gasteiger charge is -2.24. The molecule has 2 fully saturated rings. The third-order valence-electron chi connectivity index (χ3n) is 4.53. The molecule has 0 aromatic carbocycles. The van der Waals surface area contributed by atoms with Crippen LogP contribution in [0.25, 0.3) is 0 Å². The van der Waals surface area contributed by atoms with Gasteiger partial charge in [-0.15, -0.1) is 24.0 Å². The number of likely N-dealkylation sites (tertiary alicyclic amines) is 1. The second-order valence-corrected chi connectivity index (χ2v) is 9.59. The summed E-state index contributed by atoms with van der Waals surface area (Å²) in [5.74, 6) is 1.97. The number of halogens is 1. The van der Waals surface area contributed by atoms with Crippen LogP contribution in [0.5, 0.6) is 0 Å². The van der Waals surface area contributed by atoms with Gasteiger partial charge >= 0.3 is 6.03 Å². The van der Waals surface area contributed by atoms with E-state index in [1.807, 2.05) is 0 Å². The van der Waals surface area contributed by atoms with Gasteiger partial charge in [0.2, 0.25) is 0 Å². The number of carbonyl (C=O) groups is 1. The second kappa shape index (κ2) is 10.5. The zero-order valence-electron chi connectivity index (χ0n) is 15.8. The fourth-order valence-corrected chi connectivity index (χ4v) is 5.00. The summed E-state index contributed by atoms with van der Waals surface area (Å²) in [5, 5.41) is 8.87. The van der Waals surface area contributed by atoms with Crippen molar-refractivity contribution in [1.29, 1.82) is 0 Å². The quantitative estimate of drug-likeness (QED) is 0.292. The van der Waals surface area contributed by atoms with Crippen LogP contribution in [0.3, 0.4) is 0 Å². The van der Waals surface area contributed by atoms with Gasteiger partial charge in [0.15, 0.2) is 15.8 Å². The van der Waals surface area contributed by atoms with E-state index < -0.39 is 9.84 Å². The molecule has 2 saturated heterocycles. The summed E-state index contributed by atoms with van der Waals surface area (Å²) < 4.78 is 23.2. The van der Waals surface area contributed by atoms with E-state index in [1.165, 1.54) is 0 Å². The van der Waals surface area contributed by atoms with Crippen LogP contribution < -0.4 is 16.0 Å². The second-order valence-electron chi connectivity index (χ2n) is 7.36. The molecule has 3 N–H and O–H groups in total. The van der Waals surface area contributed by atoms with Crippen molar-refractivity contribution in [2.75, 3.05) is 44.7 Å². The first-order valence-electron chi connectivity index (χ1n) is 9.01. The van der Waals surface area contributed by atoms with Crippen LogP contribution in [0.1, 0.15) is 26.7 Å². The molecule has 2 aliphatic heterocycles. The number of nitrogens with one attached hydrogen (secondary N) is 3. The standard InChI is InChI=1S/C16H31N5O3S.HI/c1-12(2)8-18-15(19-9-13-5-7-25(23,24)11-13)21-6-4-14(10-21)20-16(22)17-3;/h12-14H,4-11H2,1-3H3,(H,18,19)(H2,17,20,22);1H. The van der Waals surface area contributed by atoms with Crippen molar-refractivity contribution in [2.24, 2.45) is 16.8 Å². The zero-order valence-corrected chi connectivity index (χ0v) is 19.0. The summed E-state index contributed by atoms with van der Waals surface area (Å²) in [6.07, 6.45) is 1.58. The Morgan fingerprint density at radius 3 is 2.62 bits per heavy atom. The van der Waals surface area contributed by atoms with Crippen molar-refractivity contribution in [2.45, 2.75) is 32.7 Å². The van der Waals surface area contributed by atoms with E-state index >= 15 is 0 Å². The molecule has 2 unspecified atom stereocenters. The number of aliphatic imine (C=N–C) groups is 1. The first-order chi connectivity index (χ1) is 11.8. The number of sulfone groups is 1. The SMILES string of the molecule is CNC(=O)NC1CCN(C(=NCC(C)C)NCC2CCS(=O)(=O)C2)C1.I. The molecular weight excluding hydrogens is 469 g/mol. The van der Waals surface area contributed by atoms with E-state index in [0.717, 1.165) is 25.5 Å². The minimum Gasteiger partial charge on any atom is -0.356 e. The first-order valence-corrected chi connectivity index (χ1v) is 10.8. The Kier molecular flexibility index (Phi) is 9.42. The van der Waals surface area contributed by atoms with Crippen molar-refractivity contribution >= 4 is 45.8 Å². The van der Waals surface area contributed by atoms with E-state index in [2.05, 4.69) is 39.7 Å². The molecular formula is C16H32IN5O3S. The molecule has 0 aromatic heterocycles. The molecule has 2 aliphatic rings. The fourth-order valence-electron chi connectivity index (χ4n) is 3.13. The van der Waals surface area contributed by atoms with Crippen molar-refractivity contribution in [1.82, 2.24) is 20.9 Å². The zero-order chi connectivity index (χ0) is 18.4. The molecule has 152 valence electrons. The maximum absolute atomic E-state index is 11.6. The number of guanidine groups is 1. The summed E-state index contributed by atoms with van der Waals surface area (Å²) in [6.45, 7) is 7.10. The van der Waals surface area contributed by atoms with Gasteiger partial charge in [0, 0.05) is 39.3 Å². The topological polar surface area (TPSA) is 103 Å². The van der Waals surface area contributed by atoms with E-state index in [9.17, 15) is 13.2 Å². The van der Waals surface area contributed by atoms with Gasteiger partial charge in [-0.05, 0) is 24.7 Å².